The molecule has 7 nitrogen and oxygen atoms in total. The van der Waals surface area contributed by atoms with E-state index in [1.807, 2.05) is 51.1 Å². The molecule has 0 saturated heterocycles. The van der Waals surface area contributed by atoms with Gasteiger partial charge in [0.2, 0.25) is 0 Å². The Balaban J connectivity index is 1.88. The maximum atomic E-state index is 12.3. The van der Waals surface area contributed by atoms with E-state index >= 15 is 0 Å². The van der Waals surface area contributed by atoms with E-state index in [-0.39, 0.29) is 5.56 Å². The molecule has 31 heavy (non-hydrogen) atoms. The highest BCUT2D eigenvalue weighted by molar-refractivity contribution is 5.95. The summed E-state index contributed by atoms with van der Waals surface area (Å²) in [6, 6.07) is 14.9. The molecule has 2 aromatic carbocycles. The topological polar surface area (TPSA) is 83.1 Å². The number of hydrogen-bond acceptors (Lipinski definition) is 6. The molecule has 2 rings (SSSR count). The van der Waals surface area contributed by atoms with E-state index in [4.69, 9.17) is 18.9 Å². The van der Waals surface area contributed by atoms with Crippen molar-refractivity contribution in [3.63, 3.8) is 0 Å². The van der Waals surface area contributed by atoms with Gasteiger partial charge in [-0.25, -0.2) is 9.59 Å². The molecule has 0 spiro atoms. The second-order valence-corrected chi connectivity index (χ2v) is 7.88. The van der Waals surface area contributed by atoms with Crippen LogP contribution < -0.4 is 14.8 Å². The number of benzene rings is 2. The van der Waals surface area contributed by atoms with Gasteiger partial charge in [-0.15, -0.1) is 0 Å². The van der Waals surface area contributed by atoms with Crippen LogP contribution in [-0.4, -0.2) is 37.9 Å². The summed E-state index contributed by atoms with van der Waals surface area (Å²) in [5.74, 6) is 0.280. The van der Waals surface area contributed by atoms with Crippen molar-refractivity contribution >= 4 is 12.1 Å². The number of amides is 1. The number of carbonyl (C=O) groups excluding carboxylic acids is 2. The lowest BCUT2D eigenvalue weighted by molar-refractivity contribution is 0.0524. The Labute approximate surface area is 183 Å². The van der Waals surface area contributed by atoms with Gasteiger partial charge in [0.05, 0.1) is 13.7 Å². The van der Waals surface area contributed by atoms with Gasteiger partial charge >= 0.3 is 12.1 Å². The highest BCUT2D eigenvalue weighted by Gasteiger charge is 2.20. The van der Waals surface area contributed by atoms with Crippen LogP contribution in [0, 0.1) is 0 Å². The molecular weight excluding hydrogens is 398 g/mol. The third-order valence-electron chi connectivity index (χ3n) is 4.11. The number of hydrogen-bond donors (Lipinski definition) is 1. The standard InChI is InChI=1S/C24H31NO6/c1-24(2,3)31-23(27)25-15-8-9-16-29-19-13-10-14-20(21(19)22(26)28-4)30-17-18-11-6-5-7-12-18/h5-7,10-14H,8-9,15-17H2,1-4H3,(H,25,27). The van der Waals surface area contributed by atoms with E-state index in [0.29, 0.717) is 44.1 Å². The molecular formula is C24H31NO6. The Bertz CT molecular complexity index is 845. The van der Waals surface area contributed by atoms with Gasteiger partial charge in [0.25, 0.3) is 0 Å². The van der Waals surface area contributed by atoms with E-state index in [1.165, 1.54) is 7.11 Å². The molecule has 0 atom stereocenters. The molecule has 0 aliphatic heterocycles. The van der Waals surface area contributed by atoms with Crippen LogP contribution in [0.3, 0.4) is 0 Å². The van der Waals surface area contributed by atoms with Crippen molar-refractivity contribution in [2.45, 2.75) is 45.8 Å². The van der Waals surface area contributed by atoms with Gasteiger partial charge in [0, 0.05) is 6.54 Å². The molecule has 0 aliphatic carbocycles. The van der Waals surface area contributed by atoms with E-state index in [1.54, 1.807) is 18.2 Å². The van der Waals surface area contributed by atoms with E-state index in [9.17, 15) is 9.59 Å². The van der Waals surface area contributed by atoms with Crippen molar-refractivity contribution in [1.29, 1.82) is 0 Å². The Hall–Kier alpha value is -3.22. The first-order chi connectivity index (χ1) is 14.8. The van der Waals surface area contributed by atoms with Crippen LogP contribution in [0.25, 0.3) is 0 Å². The largest absolute Gasteiger partial charge is 0.493 e. The summed E-state index contributed by atoms with van der Waals surface area (Å²) in [5, 5.41) is 2.71. The first-order valence-corrected chi connectivity index (χ1v) is 10.3. The van der Waals surface area contributed by atoms with Crippen molar-refractivity contribution in [2.75, 3.05) is 20.3 Å². The first-order valence-electron chi connectivity index (χ1n) is 10.3. The van der Waals surface area contributed by atoms with Gasteiger partial charge in [-0.2, -0.15) is 0 Å². The summed E-state index contributed by atoms with van der Waals surface area (Å²) in [4.78, 5) is 24.0. The van der Waals surface area contributed by atoms with Crippen molar-refractivity contribution in [2.24, 2.45) is 0 Å². The molecule has 0 radical (unpaired) electrons. The summed E-state index contributed by atoms with van der Waals surface area (Å²) in [7, 11) is 1.32. The smallest absolute Gasteiger partial charge is 0.407 e. The monoisotopic (exact) mass is 429 g/mol. The summed E-state index contributed by atoms with van der Waals surface area (Å²) >= 11 is 0. The molecule has 168 valence electrons. The van der Waals surface area contributed by atoms with Gasteiger partial charge in [-0.05, 0) is 51.3 Å². The summed E-state index contributed by atoms with van der Waals surface area (Å²) in [6.45, 7) is 6.63. The molecule has 2 aromatic rings. The predicted octanol–water partition coefficient (Wildman–Crippen LogP) is 4.74. The van der Waals surface area contributed by atoms with Crippen LogP contribution >= 0.6 is 0 Å². The summed E-state index contributed by atoms with van der Waals surface area (Å²) in [6.07, 6.45) is 0.951. The van der Waals surface area contributed by atoms with Crippen LogP contribution in [0.1, 0.15) is 49.5 Å². The fourth-order valence-electron chi connectivity index (χ4n) is 2.70. The zero-order valence-corrected chi connectivity index (χ0v) is 18.6. The van der Waals surface area contributed by atoms with Crippen LogP contribution in [0.15, 0.2) is 48.5 Å². The molecule has 1 N–H and O–H groups in total. The first kappa shape index (κ1) is 24.1. The minimum atomic E-state index is -0.523. The molecule has 0 heterocycles. The van der Waals surface area contributed by atoms with Gasteiger partial charge in [-0.1, -0.05) is 36.4 Å². The molecule has 1 amide bonds. The average Bonchev–Trinajstić information content (AvgIpc) is 2.73. The van der Waals surface area contributed by atoms with Gasteiger partial charge in [-0.3, -0.25) is 0 Å². The molecule has 0 aliphatic rings. The van der Waals surface area contributed by atoms with E-state index < -0.39 is 17.7 Å². The number of esters is 1. The zero-order valence-electron chi connectivity index (χ0n) is 18.6. The highest BCUT2D eigenvalue weighted by Crippen LogP contribution is 2.30. The third-order valence-corrected chi connectivity index (χ3v) is 4.11. The molecule has 0 aromatic heterocycles. The van der Waals surface area contributed by atoms with Gasteiger partial charge in [0.1, 0.15) is 29.3 Å². The third kappa shape index (κ3) is 8.58. The maximum Gasteiger partial charge on any atom is 0.407 e. The number of methoxy groups -OCH3 is 1. The molecule has 0 saturated carbocycles. The molecule has 0 fully saturated rings. The van der Waals surface area contributed by atoms with Crippen molar-refractivity contribution in [3.05, 3.63) is 59.7 Å². The van der Waals surface area contributed by atoms with Crippen molar-refractivity contribution < 1.29 is 28.5 Å². The maximum absolute atomic E-state index is 12.3. The molecule has 0 bridgehead atoms. The summed E-state index contributed by atoms with van der Waals surface area (Å²) < 4.78 is 21.8. The Morgan fingerprint density at radius 2 is 1.58 bits per heavy atom. The highest BCUT2D eigenvalue weighted by atomic mass is 16.6. The number of alkyl carbamates (subject to hydrolysis) is 1. The van der Waals surface area contributed by atoms with Crippen LogP contribution in [0.5, 0.6) is 11.5 Å². The number of carbonyl (C=O) groups is 2. The fourth-order valence-corrected chi connectivity index (χ4v) is 2.70. The quantitative estimate of drug-likeness (QED) is 0.434. The number of rotatable bonds is 10. The van der Waals surface area contributed by atoms with Crippen LogP contribution in [0.2, 0.25) is 0 Å². The minimum Gasteiger partial charge on any atom is -0.493 e. The molecule has 7 heteroatoms. The lowest BCUT2D eigenvalue weighted by Gasteiger charge is -2.19. The Morgan fingerprint density at radius 1 is 0.903 bits per heavy atom. The van der Waals surface area contributed by atoms with E-state index in [0.717, 1.165) is 5.56 Å². The second-order valence-electron chi connectivity index (χ2n) is 7.88. The van der Waals surface area contributed by atoms with Gasteiger partial charge in [0.15, 0.2) is 0 Å². The minimum absolute atomic E-state index is 0.257. The lowest BCUT2D eigenvalue weighted by atomic mass is 10.1. The second kappa shape index (κ2) is 11.8. The zero-order chi connectivity index (χ0) is 22.7. The van der Waals surface area contributed by atoms with Crippen molar-refractivity contribution in [3.8, 4) is 11.5 Å². The van der Waals surface area contributed by atoms with Crippen LogP contribution in [0.4, 0.5) is 4.79 Å². The number of unbranched alkanes of at least 4 members (excludes halogenated alkanes) is 1. The predicted molar refractivity (Wildman–Crippen MR) is 118 cm³/mol. The van der Waals surface area contributed by atoms with Gasteiger partial charge < -0.3 is 24.3 Å². The molecule has 0 unspecified atom stereocenters. The van der Waals surface area contributed by atoms with E-state index in [2.05, 4.69) is 5.32 Å². The lowest BCUT2D eigenvalue weighted by Crippen LogP contribution is -2.33. The normalized spacial score (nSPS) is 10.8. The summed E-state index contributed by atoms with van der Waals surface area (Å²) in [5.41, 5.74) is 0.723. The van der Waals surface area contributed by atoms with Crippen LogP contribution in [-0.2, 0) is 16.1 Å². The fraction of sp³-hybridized carbons (Fsp3) is 0.417. The Kier molecular flexibility index (Phi) is 9.18. The average molecular weight is 430 g/mol. The van der Waals surface area contributed by atoms with Crippen molar-refractivity contribution in [1.82, 2.24) is 5.32 Å². The number of nitrogens with one attached hydrogen (secondary N) is 1. The SMILES string of the molecule is COC(=O)c1c(OCCCCNC(=O)OC(C)(C)C)cccc1OCc1ccccc1. The number of ether oxygens (including phenoxy) is 4. The Morgan fingerprint density at radius 3 is 2.23 bits per heavy atom.